The zero-order valence-electron chi connectivity index (χ0n) is 22.8. The van der Waals surface area contributed by atoms with Crippen molar-refractivity contribution in [3.05, 3.63) is 71.5 Å². The van der Waals surface area contributed by atoms with Gasteiger partial charge in [0.25, 0.3) is 0 Å². The Hall–Kier alpha value is -4.14. The molecule has 0 radical (unpaired) electrons. The maximum atomic E-state index is 13.8. The molecule has 3 rings (SSSR count). The number of nitrogens with zero attached hydrogens (tertiary/aromatic N) is 2. The van der Waals surface area contributed by atoms with E-state index in [1.165, 1.54) is 4.90 Å². The molecule has 0 unspecified atom stereocenters. The van der Waals surface area contributed by atoms with Gasteiger partial charge < -0.3 is 19.9 Å². The molecule has 0 fully saturated rings. The molecular weight excluding hydrogens is 484 g/mol. The van der Waals surface area contributed by atoms with E-state index < -0.39 is 11.6 Å². The van der Waals surface area contributed by atoms with Crippen LogP contribution in [0.5, 0.6) is 5.75 Å². The summed E-state index contributed by atoms with van der Waals surface area (Å²) in [6.07, 6.45) is 0.492. The molecular formula is C29H36N4O5. The summed E-state index contributed by atoms with van der Waals surface area (Å²) in [6.45, 7) is 9.52. The van der Waals surface area contributed by atoms with Crippen LogP contribution in [0.2, 0.25) is 0 Å². The standard InChI is InChI=1S/C29H36N4O5/c1-7-29(4,5)31-28(36)27(21-10-14-23(37-6)15-11-21)33(22-12-8-19(2)9-13-22)26(35)17-16-25(34)30-24-18-20(3)38-32-24/h8-15,18,27H,7,16-17H2,1-6H3,(H,31,36)(H,30,32,34)/t27-/m1/s1. The Morgan fingerprint density at radius 1 is 1.03 bits per heavy atom. The Labute approximate surface area is 223 Å². The molecule has 0 aliphatic heterocycles. The number of hydrogen-bond acceptors (Lipinski definition) is 6. The van der Waals surface area contributed by atoms with Crippen molar-refractivity contribution in [2.75, 3.05) is 17.3 Å². The average Bonchev–Trinajstić information content (AvgIpc) is 3.30. The Morgan fingerprint density at radius 2 is 1.68 bits per heavy atom. The van der Waals surface area contributed by atoms with Crippen molar-refractivity contribution < 1.29 is 23.6 Å². The van der Waals surface area contributed by atoms with E-state index in [1.807, 2.05) is 39.8 Å². The molecule has 3 aromatic rings. The van der Waals surface area contributed by atoms with Gasteiger partial charge in [-0.25, -0.2) is 0 Å². The van der Waals surface area contributed by atoms with Crippen LogP contribution in [0, 0.1) is 13.8 Å². The zero-order chi connectivity index (χ0) is 27.9. The summed E-state index contributed by atoms with van der Waals surface area (Å²) in [5, 5.41) is 9.47. The van der Waals surface area contributed by atoms with Crippen molar-refractivity contribution in [1.29, 1.82) is 0 Å². The van der Waals surface area contributed by atoms with E-state index >= 15 is 0 Å². The van der Waals surface area contributed by atoms with Gasteiger partial charge in [0.1, 0.15) is 17.6 Å². The number of hydrogen-bond donors (Lipinski definition) is 2. The third kappa shape index (κ3) is 7.44. The Bertz CT molecular complexity index is 1250. The molecule has 3 amide bonds. The van der Waals surface area contributed by atoms with Crippen LogP contribution in [0.1, 0.15) is 63.0 Å². The zero-order valence-corrected chi connectivity index (χ0v) is 22.8. The van der Waals surface area contributed by atoms with E-state index in [2.05, 4.69) is 15.8 Å². The van der Waals surface area contributed by atoms with E-state index in [-0.39, 0.29) is 36.4 Å². The summed E-state index contributed by atoms with van der Waals surface area (Å²) in [7, 11) is 1.57. The fourth-order valence-electron chi connectivity index (χ4n) is 3.81. The van der Waals surface area contributed by atoms with Crippen molar-refractivity contribution >= 4 is 29.2 Å². The van der Waals surface area contributed by atoms with Gasteiger partial charge in [-0.3, -0.25) is 19.3 Å². The molecule has 202 valence electrons. The van der Waals surface area contributed by atoms with Crippen LogP contribution in [-0.2, 0) is 14.4 Å². The highest BCUT2D eigenvalue weighted by Crippen LogP contribution is 2.31. The molecule has 2 aromatic carbocycles. The lowest BCUT2D eigenvalue weighted by molar-refractivity contribution is -0.128. The molecule has 1 aromatic heterocycles. The Balaban J connectivity index is 1.96. The van der Waals surface area contributed by atoms with Gasteiger partial charge in [0.15, 0.2) is 5.82 Å². The number of nitrogens with one attached hydrogen (secondary N) is 2. The number of ether oxygens (including phenoxy) is 1. The van der Waals surface area contributed by atoms with Crippen molar-refractivity contribution in [2.24, 2.45) is 0 Å². The van der Waals surface area contributed by atoms with Gasteiger partial charge in [0, 0.05) is 30.1 Å². The number of carbonyl (C=O) groups excluding carboxylic acids is 3. The van der Waals surface area contributed by atoms with Crippen molar-refractivity contribution in [3.8, 4) is 5.75 Å². The van der Waals surface area contributed by atoms with E-state index in [0.717, 1.165) is 5.56 Å². The molecule has 9 nitrogen and oxygen atoms in total. The molecule has 0 bridgehead atoms. The second kappa shape index (κ2) is 12.4. The van der Waals surface area contributed by atoms with E-state index in [0.29, 0.717) is 29.2 Å². The summed E-state index contributed by atoms with van der Waals surface area (Å²) < 4.78 is 10.3. The predicted molar refractivity (Wildman–Crippen MR) is 146 cm³/mol. The third-order valence-electron chi connectivity index (χ3n) is 6.33. The molecule has 0 saturated heterocycles. The minimum Gasteiger partial charge on any atom is -0.497 e. The molecule has 2 N–H and O–H groups in total. The van der Waals surface area contributed by atoms with Gasteiger partial charge in [0.2, 0.25) is 17.7 Å². The van der Waals surface area contributed by atoms with Crippen molar-refractivity contribution in [3.63, 3.8) is 0 Å². The van der Waals surface area contributed by atoms with Crippen LogP contribution < -0.4 is 20.3 Å². The van der Waals surface area contributed by atoms with Gasteiger partial charge in [-0.1, -0.05) is 41.9 Å². The molecule has 0 spiro atoms. The van der Waals surface area contributed by atoms with Crippen LogP contribution in [0.4, 0.5) is 11.5 Å². The minimum atomic E-state index is -0.969. The highest BCUT2D eigenvalue weighted by Gasteiger charge is 2.35. The van der Waals surface area contributed by atoms with Crippen molar-refractivity contribution in [2.45, 2.75) is 65.5 Å². The summed E-state index contributed by atoms with van der Waals surface area (Å²) in [5.41, 5.74) is 1.70. The Kier molecular flexibility index (Phi) is 9.28. The topological polar surface area (TPSA) is 114 Å². The maximum absolute atomic E-state index is 13.8. The number of carbonyl (C=O) groups is 3. The molecule has 0 aliphatic carbocycles. The van der Waals surface area contributed by atoms with Gasteiger partial charge >= 0.3 is 0 Å². The molecule has 0 aliphatic rings. The molecule has 1 heterocycles. The Morgan fingerprint density at radius 3 is 2.24 bits per heavy atom. The SMILES string of the molecule is CCC(C)(C)NC(=O)[C@@H](c1ccc(OC)cc1)N(C(=O)CCC(=O)Nc1cc(C)on1)c1ccc(C)cc1. The van der Waals surface area contributed by atoms with Gasteiger partial charge in [-0.05, 0) is 63.9 Å². The minimum absolute atomic E-state index is 0.0928. The fraction of sp³-hybridized carbons (Fsp3) is 0.379. The molecule has 1 atom stereocenters. The average molecular weight is 521 g/mol. The molecule has 0 saturated carbocycles. The lowest BCUT2D eigenvalue weighted by atomic mass is 9.97. The summed E-state index contributed by atoms with van der Waals surface area (Å²) in [5.74, 6) is 0.407. The summed E-state index contributed by atoms with van der Waals surface area (Å²) >= 11 is 0. The second-order valence-corrected chi connectivity index (χ2v) is 9.87. The smallest absolute Gasteiger partial charge is 0.248 e. The summed E-state index contributed by atoms with van der Waals surface area (Å²) in [6, 6.07) is 15.1. The first kappa shape index (κ1) is 28.4. The first-order valence-corrected chi connectivity index (χ1v) is 12.6. The van der Waals surface area contributed by atoms with E-state index in [4.69, 9.17) is 9.26 Å². The van der Waals surface area contributed by atoms with Crippen LogP contribution in [-0.4, -0.2) is 35.5 Å². The number of anilines is 2. The first-order valence-electron chi connectivity index (χ1n) is 12.6. The van der Waals surface area contributed by atoms with Gasteiger partial charge in [-0.15, -0.1) is 0 Å². The lowest BCUT2D eigenvalue weighted by Crippen LogP contribution is -2.50. The van der Waals surface area contributed by atoms with Crippen LogP contribution in [0.3, 0.4) is 0 Å². The second-order valence-electron chi connectivity index (χ2n) is 9.87. The first-order chi connectivity index (χ1) is 18.0. The fourth-order valence-corrected chi connectivity index (χ4v) is 3.81. The summed E-state index contributed by atoms with van der Waals surface area (Å²) in [4.78, 5) is 41.6. The largest absolute Gasteiger partial charge is 0.497 e. The van der Waals surface area contributed by atoms with Crippen LogP contribution >= 0.6 is 0 Å². The van der Waals surface area contributed by atoms with Crippen LogP contribution in [0.15, 0.2) is 59.1 Å². The van der Waals surface area contributed by atoms with Gasteiger partial charge in [-0.2, -0.15) is 0 Å². The van der Waals surface area contributed by atoms with E-state index in [1.54, 1.807) is 56.5 Å². The van der Waals surface area contributed by atoms with Crippen LogP contribution in [0.25, 0.3) is 0 Å². The lowest BCUT2D eigenvalue weighted by Gasteiger charge is -2.34. The molecule has 38 heavy (non-hydrogen) atoms. The number of methoxy groups -OCH3 is 1. The predicted octanol–water partition coefficient (Wildman–Crippen LogP) is 5.10. The van der Waals surface area contributed by atoms with Crippen molar-refractivity contribution in [1.82, 2.24) is 10.5 Å². The highest BCUT2D eigenvalue weighted by atomic mass is 16.5. The quantitative estimate of drug-likeness (QED) is 0.364. The normalized spacial score (nSPS) is 11.9. The van der Waals surface area contributed by atoms with Gasteiger partial charge in [0.05, 0.1) is 7.11 Å². The number of aryl methyl sites for hydroxylation is 2. The van der Waals surface area contributed by atoms with E-state index in [9.17, 15) is 14.4 Å². The highest BCUT2D eigenvalue weighted by molar-refractivity contribution is 6.03. The molecule has 9 heteroatoms. The monoisotopic (exact) mass is 520 g/mol. The third-order valence-corrected chi connectivity index (χ3v) is 6.33. The number of amides is 3. The number of rotatable bonds is 11. The number of benzene rings is 2. The maximum Gasteiger partial charge on any atom is 0.248 e. The number of aromatic nitrogens is 1.